The number of carbonyl (C=O) groups is 1. The summed E-state index contributed by atoms with van der Waals surface area (Å²) in [6, 6.07) is 37.6. The third-order valence-electron chi connectivity index (χ3n) is 6.34. The zero-order valence-corrected chi connectivity index (χ0v) is 19.0. The van der Waals surface area contributed by atoms with E-state index < -0.39 is 0 Å². The lowest BCUT2D eigenvalue weighted by atomic mass is 10.0. The average Bonchev–Trinajstić information content (AvgIpc) is 3.49. The van der Waals surface area contributed by atoms with Crippen LogP contribution in [-0.4, -0.2) is 15.9 Å². The maximum Gasteiger partial charge on any atom is 0.253 e. The molecule has 2 N–H and O–H groups in total. The Hall–Kier alpha value is -4.64. The minimum absolute atomic E-state index is 0.0519. The number of nitrogens with zero attached hydrogens (tertiary/aromatic N) is 2. The lowest BCUT2D eigenvalue weighted by Crippen LogP contribution is -2.33. The van der Waals surface area contributed by atoms with E-state index in [1.54, 1.807) is 6.08 Å². The van der Waals surface area contributed by atoms with Gasteiger partial charge in [0.2, 0.25) is 0 Å². The predicted molar refractivity (Wildman–Crippen MR) is 139 cm³/mol. The van der Waals surface area contributed by atoms with Gasteiger partial charge in [0, 0.05) is 17.5 Å². The van der Waals surface area contributed by atoms with Crippen LogP contribution in [0.15, 0.2) is 127 Å². The number of amides is 1. The number of aromatic nitrogens is 2. The molecular weight excluding hydrogens is 432 g/mol. The predicted octanol–water partition coefficient (Wildman–Crippen LogP) is 5.91. The first-order valence-corrected chi connectivity index (χ1v) is 11.7. The molecule has 0 radical (unpaired) electrons. The summed E-state index contributed by atoms with van der Waals surface area (Å²) in [7, 11) is 0. The van der Waals surface area contributed by atoms with Gasteiger partial charge in [0.25, 0.3) is 5.91 Å². The molecule has 0 bridgehead atoms. The molecule has 1 aliphatic heterocycles. The Morgan fingerprint density at radius 2 is 1.40 bits per heavy atom. The van der Waals surface area contributed by atoms with Gasteiger partial charge < -0.3 is 10.3 Å². The van der Waals surface area contributed by atoms with Crippen molar-refractivity contribution in [2.24, 2.45) is 0 Å². The van der Waals surface area contributed by atoms with E-state index in [1.165, 1.54) is 0 Å². The van der Waals surface area contributed by atoms with Gasteiger partial charge in [0.1, 0.15) is 17.9 Å². The minimum Gasteiger partial charge on any atom is -0.373 e. The van der Waals surface area contributed by atoms with Gasteiger partial charge in [-0.3, -0.25) is 9.69 Å². The number of benzene rings is 4. The standard InChI is InChI=1S/C30H24N4O/c35-27-20-26(29(22-14-6-2-7-15-22)34(27)23-16-8-3-9-17-23)31-28(21-12-4-1-5-13-21)30-32-24-18-10-11-19-25(24)33-30/h1-20,28-29,31H,(H,32,33). The number of imidazole rings is 1. The van der Waals surface area contributed by atoms with Crippen molar-refractivity contribution in [1.82, 2.24) is 15.3 Å². The van der Waals surface area contributed by atoms with Crippen LogP contribution in [0.5, 0.6) is 0 Å². The van der Waals surface area contributed by atoms with Crippen molar-refractivity contribution in [2.75, 3.05) is 4.90 Å². The Morgan fingerprint density at radius 3 is 2.11 bits per heavy atom. The molecule has 0 fully saturated rings. The quantitative estimate of drug-likeness (QED) is 0.334. The summed E-state index contributed by atoms with van der Waals surface area (Å²) in [6.45, 7) is 0. The van der Waals surface area contributed by atoms with E-state index >= 15 is 0 Å². The van der Waals surface area contributed by atoms with Gasteiger partial charge in [-0.15, -0.1) is 0 Å². The summed E-state index contributed by atoms with van der Waals surface area (Å²) < 4.78 is 0. The summed E-state index contributed by atoms with van der Waals surface area (Å²) in [4.78, 5) is 23.6. The minimum atomic E-state index is -0.276. The van der Waals surface area contributed by atoms with Crippen LogP contribution in [0, 0.1) is 0 Å². The average molecular weight is 457 g/mol. The van der Waals surface area contributed by atoms with Crippen LogP contribution < -0.4 is 10.2 Å². The van der Waals surface area contributed by atoms with Crippen molar-refractivity contribution >= 4 is 22.6 Å². The van der Waals surface area contributed by atoms with Gasteiger partial charge >= 0.3 is 0 Å². The Bertz CT molecular complexity index is 1460. The molecule has 5 aromatic rings. The van der Waals surface area contributed by atoms with Crippen molar-refractivity contribution in [3.8, 4) is 0 Å². The van der Waals surface area contributed by atoms with Crippen LogP contribution in [0.1, 0.15) is 29.0 Å². The number of hydrogen-bond acceptors (Lipinski definition) is 3. The molecule has 5 heteroatoms. The molecule has 1 aromatic heterocycles. The van der Waals surface area contributed by atoms with Gasteiger partial charge in [0.15, 0.2) is 0 Å². The Kier molecular flexibility index (Phi) is 5.35. The number of aromatic amines is 1. The number of rotatable bonds is 6. The van der Waals surface area contributed by atoms with E-state index in [-0.39, 0.29) is 18.0 Å². The van der Waals surface area contributed by atoms with Gasteiger partial charge in [-0.05, 0) is 35.4 Å². The van der Waals surface area contributed by atoms with Crippen LogP contribution in [0.25, 0.3) is 11.0 Å². The molecule has 0 spiro atoms. The number of hydrogen-bond donors (Lipinski definition) is 2. The van der Waals surface area contributed by atoms with E-state index in [0.29, 0.717) is 0 Å². The second-order valence-corrected chi connectivity index (χ2v) is 8.58. The van der Waals surface area contributed by atoms with Crippen molar-refractivity contribution in [2.45, 2.75) is 12.1 Å². The molecule has 35 heavy (non-hydrogen) atoms. The first-order valence-electron chi connectivity index (χ1n) is 11.7. The van der Waals surface area contributed by atoms with Gasteiger partial charge in [-0.25, -0.2) is 4.98 Å². The van der Waals surface area contributed by atoms with Crippen LogP contribution in [-0.2, 0) is 4.79 Å². The van der Waals surface area contributed by atoms with Crippen LogP contribution >= 0.6 is 0 Å². The number of H-pyrrole nitrogens is 1. The van der Waals surface area contributed by atoms with Crippen molar-refractivity contribution < 1.29 is 4.79 Å². The van der Waals surface area contributed by atoms with E-state index in [0.717, 1.165) is 39.4 Å². The second kappa shape index (κ2) is 8.95. The maximum absolute atomic E-state index is 13.4. The lowest BCUT2D eigenvalue weighted by molar-refractivity contribution is -0.113. The molecule has 6 rings (SSSR count). The highest BCUT2D eigenvalue weighted by molar-refractivity contribution is 6.06. The summed E-state index contributed by atoms with van der Waals surface area (Å²) in [5.41, 5.74) is 5.68. The number of fused-ring (bicyclic) bond motifs is 1. The zero-order valence-electron chi connectivity index (χ0n) is 19.0. The fourth-order valence-corrected chi connectivity index (χ4v) is 4.73. The Labute approximate surface area is 203 Å². The molecule has 2 heterocycles. The molecule has 0 aliphatic carbocycles. The number of carbonyl (C=O) groups excluding carboxylic acids is 1. The number of anilines is 1. The van der Waals surface area contributed by atoms with E-state index in [1.807, 2.05) is 95.9 Å². The molecular formula is C30H24N4O. The molecule has 1 amide bonds. The van der Waals surface area contributed by atoms with Crippen molar-refractivity contribution in [3.05, 3.63) is 144 Å². The number of para-hydroxylation sites is 3. The molecule has 5 nitrogen and oxygen atoms in total. The monoisotopic (exact) mass is 456 g/mol. The molecule has 2 unspecified atom stereocenters. The normalized spacial score (nSPS) is 16.3. The number of nitrogens with one attached hydrogen (secondary N) is 2. The van der Waals surface area contributed by atoms with Crippen LogP contribution in [0.3, 0.4) is 0 Å². The third kappa shape index (κ3) is 3.97. The van der Waals surface area contributed by atoms with Crippen LogP contribution in [0.4, 0.5) is 5.69 Å². The van der Waals surface area contributed by atoms with E-state index in [9.17, 15) is 4.79 Å². The first-order chi connectivity index (χ1) is 17.3. The summed E-state index contributed by atoms with van der Waals surface area (Å²) in [6.07, 6.45) is 1.71. The smallest absolute Gasteiger partial charge is 0.253 e. The first kappa shape index (κ1) is 20.9. The topological polar surface area (TPSA) is 61.0 Å². The van der Waals surface area contributed by atoms with Crippen molar-refractivity contribution in [3.63, 3.8) is 0 Å². The fourth-order valence-electron chi connectivity index (χ4n) is 4.73. The maximum atomic E-state index is 13.4. The zero-order chi connectivity index (χ0) is 23.6. The summed E-state index contributed by atoms with van der Waals surface area (Å²) in [5.74, 6) is 0.750. The van der Waals surface area contributed by atoms with E-state index in [4.69, 9.17) is 4.98 Å². The summed E-state index contributed by atoms with van der Waals surface area (Å²) >= 11 is 0. The van der Waals surface area contributed by atoms with Crippen LogP contribution in [0.2, 0.25) is 0 Å². The lowest BCUT2D eigenvalue weighted by Gasteiger charge is -2.30. The Balaban J connectivity index is 1.44. The molecule has 4 aromatic carbocycles. The van der Waals surface area contributed by atoms with Gasteiger partial charge in [-0.2, -0.15) is 0 Å². The molecule has 1 aliphatic rings. The third-order valence-corrected chi connectivity index (χ3v) is 6.34. The highest BCUT2D eigenvalue weighted by atomic mass is 16.2. The SMILES string of the molecule is O=C1C=C(NC(c2ccccc2)c2nc3ccccc3[nH]2)C(c2ccccc2)N1c1ccccc1. The molecule has 0 saturated heterocycles. The van der Waals surface area contributed by atoms with Crippen molar-refractivity contribution in [1.29, 1.82) is 0 Å². The highest BCUT2D eigenvalue weighted by Crippen LogP contribution is 2.38. The molecule has 2 atom stereocenters. The van der Waals surface area contributed by atoms with E-state index in [2.05, 4.69) is 34.6 Å². The van der Waals surface area contributed by atoms with Gasteiger partial charge in [-0.1, -0.05) is 91.0 Å². The second-order valence-electron chi connectivity index (χ2n) is 8.58. The molecule has 0 saturated carbocycles. The molecule has 170 valence electrons. The van der Waals surface area contributed by atoms with Gasteiger partial charge in [0.05, 0.1) is 11.0 Å². The highest BCUT2D eigenvalue weighted by Gasteiger charge is 2.36. The fraction of sp³-hybridized carbons (Fsp3) is 0.0667. The Morgan fingerprint density at radius 1 is 0.771 bits per heavy atom. The largest absolute Gasteiger partial charge is 0.373 e. The summed E-state index contributed by atoms with van der Waals surface area (Å²) in [5, 5.41) is 3.69.